The predicted octanol–water partition coefficient (Wildman–Crippen LogP) is 1.26. The molecule has 0 aliphatic carbocycles. The molecule has 1 unspecified atom stereocenters. The summed E-state index contributed by atoms with van der Waals surface area (Å²) in [6, 6.07) is 0. The summed E-state index contributed by atoms with van der Waals surface area (Å²) in [5.41, 5.74) is 0. The lowest BCUT2D eigenvalue weighted by Crippen LogP contribution is -1.94. The van der Waals surface area contributed by atoms with E-state index in [-0.39, 0.29) is 22.5 Å². The van der Waals surface area contributed by atoms with E-state index >= 15 is 0 Å². The maximum absolute atomic E-state index is 5.15. The van der Waals surface area contributed by atoms with Gasteiger partial charge in [0, 0.05) is 15.0 Å². The molecule has 5 heteroatoms. The van der Waals surface area contributed by atoms with Crippen LogP contribution in [0, 0.1) is 0 Å². The van der Waals surface area contributed by atoms with Crippen molar-refractivity contribution >= 4 is 8.41 Å². The van der Waals surface area contributed by atoms with Crippen molar-refractivity contribution in [2.24, 2.45) is 0 Å². The fourth-order valence-corrected chi connectivity index (χ4v) is 0.739. The molecule has 0 amide bonds. The summed E-state index contributed by atoms with van der Waals surface area (Å²) in [5.74, 6) is 0. The van der Waals surface area contributed by atoms with Crippen LogP contribution in [0.5, 0.6) is 0 Å². The molecule has 1 rings (SSSR count). The van der Waals surface area contributed by atoms with Crippen molar-refractivity contribution in [3.8, 4) is 0 Å². The van der Waals surface area contributed by atoms with E-state index in [2.05, 4.69) is 6.92 Å². The van der Waals surface area contributed by atoms with Gasteiger partial charge in [-0.2, -0.15) is 0 Å². The molecule has 0 aromatic heterocycles. The molecule has 1 nitrogen and oxygen atoms in total. The van der Waals surface area contributed by atoms with E-state index in [9.17, 15) is 0 Å². The molecule has 63 valence electrons. The Balaban J connectivity index is -0.0000000450. The first kappa shape index (κ1) is 22.6. The van der Waals surface area contributed by atoms with Crippen molar-refractivity contribution in [2.45, 2.75) is 25.9 Å². The number of ether oxygens (including phenoxy) is 1. The van der Waals surface area contributed by atoms with Gasteiger partial charge in [-0.05, 0) is 19.8 Å². The molecule has 1 aliphatic heterocycles. The van der Waals surface area contributed by atoms with Gasteiger partial charge in [-0.1, -0.05) is 0 Å². The maximum Gasteiger partial charge on any atom is 0.0547 e. The Morgan fingerprint density at radius 1 is 1.20 bits per heavy atom. The fourth-order valence-electron chi connectivity index (χ4n) is 0.739. The molecule has 1 atom stereocenters. The standard InChI is InChI=1S/C5H10O.B.3FH/c1-5-3-2-4-6-5;;;;/h5H,2-4H2,1H3;;3*1H. The number of hydrogen-bond donors (Lipinski definition) is 0. The number of halogens is 3. The van der Waals surface area contributed by atoms with Crippen LogP contribution in [0.4, 0.5) is 14.1 Å². The van der Waals surface area contributed by atoms with E-state index in [1.165, 1.54) is 12.8 Å². The van der Waals surface area contributed by atoms with Gasteiger partial charge < -0.3 is 4.74 Å². The highest BCUT2D eigenvalue weighted by Crippen LogP contribution is 2.09. The van der Waals surface area contributed by atoms with E-state index in [0.29, 0.717) is 6.10 Å². The molecule has 1 saturated heterocycles. The van der Waals surface area contributed by atoms with Crippen molar-refractivity contribution in [1.29, 1.82) is 0 Å². The summed E-state index contributed by atoms with van der Waals surface area (Å²) in [7, 11) is 0. The Labute approximate surface area is 60.8 Å². The normalized spacial score (nSPS) is 20.7. The van der Waals surface area contributed by atoms with Crippen molar-refractivity contribution in [3.63, 3.8) is 0 Å². The average molecular weight is 157 g/mol. The SMILES string of the molecule is CC1CCCO1.F.F.F.[B]. The summed E-state index contributed by atoms with van der Waals surface area (Å²) in [6.45, 7) is 3.11. The molecule has 10 heavy (non-hydrogen) atoms. The topological polar surface area (TPSA) is 9.23 Å². The summed E-state index contributed by atoms with van der Waals surface area (Å²) in [6.07, 6.45) is 3.08. The Hall–Kier alpha value is -0.185. The second-order valence-electron chi connectivity index (χ2n) is 1.82. The summed E-state index contributed by atoms with van der Waals surface area (Å²) < 4.78 is 5.15. The lowest BCUT2D eigenvalue weighted by Gasteiger charge is -1.94. The molecular weight excluding hydrogens is 144 g/mol. The summed E-state index contributed by atoms with van der Waals surface area (Å²) >= 11 is 0. The van der Waals surface area contributed by atoms with E-state index in [4.69, 9.17) is 4.74 Å². The van der Waals surface area contributed by atoms with Crippen LogP contribution in [-0.2, 0) is 4.74 Å². The largest absolute Gasteiger partial charge is 0.379 e. The van der Waals surface area contributed by atoms with Gasteiger partial charge in [0.15, 0.2) is 0 Å². The first-order valence-corrected chi connectivity index (χ1v) is 2.51. The van der Waals surface area contributed by atoms with Crippen LogP contribution in [0.1, 0.15) is 19.8 Å². The predicted molar refractivity (Wildman–Crippen MR) is 37.9 cm³/mol. The Bertz CT molecular complexity index is 50.2. The molecule has 0 bridgehead atoms. The van der Waals surface area contributed by atoms with Crippen LogP contribution >= 0.6 is 0 Å². The molecular formula is C5H13BF3O. The number of rotatable bonds is 0. The van der Waals surface area contributed by atoms with Gasteiger partial charge in [-0.3, -0.25) is 14.1 Å². The molecule has 0 aromatic carbocycles. The van der Waals surface area contributed by atoms with Crippen molar-refractivity contribution in [2.75, 3.05) is 6.61 Å². The third-order valence-electron chi connectivity index (χ3n) is 1.16. The molecule has 3 radical (unpaired) electrons. The van der Waals surface area contributed by atoms with Crippen molar-refractivity contribution in [1.82, 2.24) is 0 Å². The zero-order valence-corrected chi connectivity index (χ0v) is 5.91. The first-order chi connectivity index (χ1) is 2.89. The van der Waals surface area contributed by atoms with Crippen LogP contribution in [0.25, 0.3) is 0 Å². The zero-order chi connectivity index (χ0) is 4.41. The smallest absolute Gasteiger partial charge is 0.0547 e. The van der Waals surface area contributed by atoms with Crippen LogP contribution in [0.15, 0.2) is 0 Å². The molecule has 1 heterocycles. The Kier molecular flexibility index (Phi) is 26.1. The van der Waals surface area contributed by atoms with Gasteiger partial charge in [0.25, 0.3) is 0 Å². The molecule has 1 fully saturated rings. The minimum absolute atomic E-state index is 0. The Morgan fingerprint density at radius 2 is 1.70 bits per heavy atom. The highest BCUT2D eigenvalue weighted by atomic mass is 19.0. The van der Waals surface area contributed by atoms with Gasteiger partial charge in [0.1, 0.15) is 0 Å². The number of hydrogen-bond acceptors (Lipinski definition) is 1. The van der Waals surface area contributed by atoms with Gasteiger partial charge in [-0.25, -0.2) is 0 Å². The minimum atomic E-state index is 0. The maximum atomic E-state index is 5.15. The van der Waals surface area contributed by atoms with E-state index in [1.807, 2.05) is 0 Å². The Morgan fingerprint density at radius 3 is 1.80 bits per heavy atom. The quantitative estimate of drug-likeness (QED) is 0.481. The molecule has 0 N–H and O–H groups in total. The molecule has 0 spiro atoms. The minimum Gasteiger partial charge on any atom is -0.379 e. The van der Waals surface area contributed by atoms with Gasteiger partial charge in [0.05, 0.1) is 6.10 Å². The average Bonchev–Trinajstić information content (AvgIpc) is 1.86. The highest BCUT2D eigenvalue weighted by molar-refractivity contribution is 5.75. The van der Waals surface area contributed by atoms with Crippen LogP contribution in [0.3, 0.4) is 0 Å². The monoisotopic (exact) mass is 157 g/mol. The molecule has 1 aliphatic rings. The van der Waals surface area contributed by atoms with Gasteiger partial charge in [-0.15, -0.1) is 0 Å². The molecule has 0 aromatic rings. The van der Waals surface area contributed by atoms with Crippen molar-refractivity contribution in [3.05, 3.63) is 0 Å². The van der Waals surface area contributed by atoms with Crippen LogP contribution < -0.4 is 0 Å². The van der Waals surface area contributed by atoms with Gasteiger partial charge >= 0.3 is 0 Å². The second-order valence-corrected chi connectivity index (χ2v) is 1.82. The van der Waals surface area contributed by atoms with Crippen LogP contribution in [0.2, 0.25) is 0 Å². The third-order valence-corrected chi connectivity index (χ3v) is 1.16. The zero-order valence-electron chi connectivity index (χ0n) is 5.91. The lowest BCUT2D eigenvalue weighted by molar-refractivity contribution is 0.125. The third kappa shape index (κ3) is 7.81. The first-order valence-electron chi connectivity index (χ1n) is 2.51. The van der Waals surface area contributed by atoms with E-state index < -0.39 is 0 Å². The fraction of sp³-hybridized carbons (Fsp3) is 1.00. The van der Waals surface area contributed by atoms with Gasteiger partial charge in [0.2, 0.25) is 0 Å². The van der Waals surface area contributed by atoms with Crippen molar-refractivity contribution < 1.29 is 18.9 Å². The lowest BCUT2D eigenvalue weighted by atomic mass is 10.3. The highest BCUT2D eigenvalue weighted by Gasteiger charge is 2.07. The van der Waals surface area contributed by atoms with E-state index in [1.54, 1.807) is 0 Å². The molecule has 0 saturated carbocycles. The summed E-state index contributed by atoms with van der Waals surface area (Å²) in [4.78, 5) is 0. The van der Waals surface area contributed by atoms with Crippen LogP contribution in [-0.4, -0.2) is 21.1 Å². The second kappa shape index (κ2) is 11.6. The van der Waals surface area contributed by atoms with E-state index in [0.717, 1.165) is 6.61 Å². The summed E-state index contributed by atoms with van der Waals surface area (Å²) in [5, 5.41) is 0.